The summed E-state index contributed by atoms with van der Waals surface area (Å²) in [5.74, 6) is 1.24. The van der Waals surface area contributed by atoms with Crippen LogP contribution in [0.2, 0.25) is 0 Å². The summed E-state index contributed by atoms with van der Waals surface area (Å²) in [4.78, 5) is 16.0. The summed E-state index contributed by atoms with van der Waals surface area (Å²) in [5, 5.41) is 0. The molecule has 4 rings (SSSR count). The third-order valence-electron chi connectivity index (χ3n) is 4.70. The van der Waals surface area contributed by atoms with Gasteiger partial charge >= 0.3 is 0 Å². The van der Waals surface area contributed by atoms with Crippen molar-refractivity contribution in [1.29, 1.82) is 0 Å². The van der Waals surface area contributed by atoms with Crippen LogP contribution in [0.25, 0.3) is 11.0 Å². The number of imidazole rings is 1. The van der Waals surface area contributed by atoms with Gasteiger partial charge in [-0.15, -0.1) is 0 Å². The first-order chi connectivity index (χ1) is 13.6. The van der Waals surface area contributed by atoms with Crippen LogP contribution in [0.1, 0.15) is 27.3 Å². The van der Waals surface area contributed by atoms with E-state index in [1.165, 1.54) is 5.56 Å². The minimum Gasteiger partial charge on any atom is -0.486 e. The van der Waals surface area contributed by atoms with Crippen LogP contribution in [0.15, 0.2) is 72.8 Å². The molecule has 0 aliphatic carbocycles. The van der Waals surface area contributed by atoms with E-state index in [-0.39, 0.29) is 0 Å². The Balaban J connectivity index is 1.62. The Morgan fingerprint density at radius 1 is 1.00 bits per heavy atom. The molecule has 0 saturated heterocycles. The molecular weight excluding hydrogens is 350 g/mol. The monoisotopic (exact) mass is 371 g/mol. The number of nitrogens with two attached hydrogens (primary N) is 1. The molecule has 0 radical (unpaired) electrons. The van der Waals surface area contributed by atoms with E-state index in [1.54, 1.807) is 12.1 Å². The summed E-state index contributed by atoms with van der Waals surface area (Å²) in [6.07, 6.45) is 0. The van der Waals surface area contributed by atoms with Gasteiger partial charge < -0.3 is 15.0 Å². The SMILES string of the molecule is Cc1ccc(OCc2nc3ccccc3n2Cc2ccc(C(N)=O)cc2)cc1. The number of fused-ring (bicyclic) bond motifs is 1. The Labute approximate surface area is 163 Å². The van der Waals surface area contributed by atoms with Crippen molar-refractivity contribution in [2.24, 2.45) is 5.73 Å². The van der Waals surface area contributed by atoms with Crippen molar-refractivity contribution < 1.29 is 9.53 Å². The zero-order valence-corrected chi connectivity index (χ0v) is 15.6. The van der Waals surface area contributed by atoms with Gasteiger partial charge in [-0.1, -0.05) is 42.0 Å². The first kappa shape index (κ1) is 17.8. The molecule has 3 aromatic carbocycles. The molecule has 0 aliphatic rings. The number of para-hydroxylation sites is 2. The van der Waals surface area contributed by atoms with Crippen LogP contribution in [0.4, 0.5) is 0 Å². The Bertz CT molecular complexity index is 1110. The first-order valence-corrected chi connectivity index (χ1v) is 9.12. The lowest BCUT2D eigenvalue weighted by atomic mass is 10.1. The number of amides is 1. The number of aromatic nitrogens is 2. The van der Waals surface area contributed by atoms with E-state index < -0.39 is 5.91 Å². The summed E-state index contributed by atoms with van der Waals surface area (Å²) < 4.78 is 8.10. The molecule has 0 atom stereocenters. The maximum absolute atomic E-state index is 11.3. The largest absolute Gasteiger partial charge is 0.486 e. The van der Waals surface area contributed by atoms with E-state index in [4.69, 9.17) is 15.5 Å². The van der Waals surface area contributed by atoms with Gasteiger partial charge in [0.2, 0.25) is 5.91 Å². The second-order valence-corrected chi connectivity index (χ2v) is 6.77. The van der Waals surface area contributed by atoms with E-state index in [0.717, 1.165) is 28.2 Å². The van der Waals surface area contributed by atoms with Gasteiger partial charge in [0.25, 0.3) is 0 Å². The molecule has 0 fully saturated rings. The fourth-order valence-electron chi connectivity index (χ4n) is 3.15. The number of hydrogen-bond donors (Lipinski definition) is 1. The summed E-state index contributed by atoms with van der Waals surface area (Å²) in [6.45, 7) is 3.05. The van der Waals surface area contributed by atoms with Crippen molar-refractivity contribution in [1.82, 2.24) is 9.55 Å². The third-order valence-corrected chi connectivity index (χ3v) is 4.70. The smallest absolute Gasteiger partial charge is 0.248 e. The lowest BCUT2D eigenvalue weighted by Crippen LogP contribution is -2.11. The van der Waals surface area contributed by atoms with Crippen molar-refractivity contribution in [2.75, 3.05) is 0 Å². The van der Waals surface area contributed by atoms with Gasteiger partial charge in [-0.05, 0) is 48.9 Å². The minimum absolute atomic E-state index is 0.372. The first-order valence-electron chi connectivity index (χ1n) is 9.12. The molecule has 0 saturated carbocycles. The molecule has 0 aliphatic heterocycles. The quantitative estimate of drug-likeness (QED) is 0.555. The van der Waals surface area contributed by atoms with Gasteiger partial charge in [0.05, 0.1) is 11.0 Å². The standard InChI is InChI=1S/C23H21N3O2/c1-16-6-12-19(13-7-16)28-15-22-25-20-4-2-3-5-21(20)26(22)14-17-8-10-18(11-9-17)23(24)27/h2-13H,14-15H2,1H3,(H2,24,27). The van der Waals surface area contributed by atoms with Gasteiger partial charge in [-0.2, -0.15) is 0 Å². The molecule has 28 heavy (non-hydrogen) atoms. The second kappa shape index (κ2) is 7.56. The maximum atomic E-state index is 11.3. The number of ether oxygens (including phenoxy) is 1. The average Bonchev–Trinajstić information content (AvgIpc) is 3.05. The summed E-state index contributed by atoms with van der Waals surface area (Å²) in [6, 6.07) is 23.3. The summed E-state index contributed by atoms with van der Waals surface area (Å²) in [7, 11) is 0. The van der Waals surface area contributed by atoms with Gasteiger partial charge in [0.1, 0.15) is 18.2 Å². The van der Waals surface area contributed by atoms with Gasteiger partial charge in [0, 0.05) is 12.1 Å². The van der Waals surface area contributed by atoms with Crippen LogP contribution in [0, 0.1) is 6.92 Å². The zero-order valence-electron chi connectivity index (χ0n) is 15.6. The molecule has 5 heteroatoms. The molecule has 0 spiro atoms. The Hall–Kier alpha value is -3.60. The molecule has 1 amide bonds. The predicted molar refractivity (Wildman–Crippen MR) is 109 cm³/mol. The second-order valence-electron chi connectivity index (χ2n) is 6.77. The average molecular weight is 371 g/mol. The van der Waals surface area contributed by atoms with E-state index in [9.17, 15) is 4.79 Å². The highest BCUT2D eigenvalue weighted by molar-refractivity contribution is 5.92. The molecule has 1 aromatic heterocycles. The number of hydrogen-bond acceptors (Lipinski definition) is 3. The minimum atomic E-state index is -0.424. The Morgan fingerprint density at radius 3 is 2.43 bits per heavy atom. The van der Waals surface area contributed by atoms with Gasteiger partial charge in [-0.3, -0.25) is 4.79 Å². The number of carbonyl (C=O) groups is 1. The lowest BCUT2D eigenvalue weighted by Gasteiger charge is -2.11. The highest BCUT2D eigenvalue weighted by atomic mass is 16.5. The summed E-state index contributed by atoms with van der Waals surface area (Å²) >= 11 is 0. The molecule has 140 valence electrons. The van der Waals surface area contributed by atoms with Crippen LogP contribution in [0.5, 0.6) is 5.75 Å². The van der Waals surface area contributed by atoms with Crippen LogP contribution in [-0.4, -0.2) is 15.5 Å². The van der Waals surface area contributed by atoms with Crippen LogP contribution >= 0.6 is 0 Å². The predicted octanol–water partition coefficient (Wildman–Crippen LogP) is 4.07. The van der Waals surface area contributed by atoms with E-state index in [0.29, 0.717) is 18.7 Å². The van der Waals surface area contributed by atoms with Crippen LogP contribution < -0.4 is 10.5 Å². The van der Waals surface area contributed by atoms with Crippen molar-refractivity contribution in [3.05, 3.63) is 95.3 Å². The number of aryl methyl sites for hydroxylation is 1. The molecule has 5 nitrogen and oxygen atoms in total. The van der Waals surface area contributed by atoms with Crippen molar-refractivity contribution in [3.63, 3.8) is 0 Å². The van der Waals surface area contributed by atoms with Gasteiger partial charge in [-0.25, -0.2) is 4.98 Å². The molecule has 0 unspecified atom stereocenters. The van der Waals surface area contributed by atoms with Crippen molar-refractivity contribution >= 4 is 16.9 Å². The molecular formula is C23H21N3O2. The molecule has 4 aromatic rings. The number of benzene rings is 3. The van der Waals surface area contributed by atoms with Crippen LogP contribution in [0.3, 0.4) is 0 Å². The lowest BCUT2D eigenvalue weighted by molar-refractivity contribution is 0.100. The Morgan fingerprint density at radius 2 is 1.71 bits per heavy atom. The van der Waals surface area contributed by atoms with Gasteiger partial charge in [0.15, 0.2) is 0 Å². The summed E-state index contributed by atoms with van der Waals surface area (Å²) in [5.41, 5.74) is 10.1. The highest BCUT2D eigenvalue weighted by Crippen LogP contribution is 2.20. The number of primary amides is 1. The topological polar surface area (TPSA) is 70.1 Å². The normalized spacial score (nSPS) is 10.9. The molecule has 1 heterocycles. The molecule has 0 bridgehead atoms. The maximum Gasteiger partial charge on any atom is 0.248 e. The van der Waals surface area contributed by atoms with E-state index >= 15 is 0 Å². The van der Waals surface area contributed by atoms with E-state index in [1.807, 2.05) is 61.5 Å². The highest BCUT2D eigenvalue weighted by Gasteiger charge is 2.12. The van der Waals surface area contributed by atoms with Crippen LogP contribution in [-0.2, 0) is 13.2 Å². The van der Waals surface area contributed by atoms with E-state index in [2.05, 4.69) is 10.6 Å². The number of carbonyl (C=O) groups excluding carboxylic acids is 1. The fourth-order valence-corrected chi connectivity index (χ4v) is 3.15. The molecule has 2 N–H and O–H groups in total. The zero-order chi connectivity index (χ0) is 19.5. The van der Waals surface area contributed by atoms with Crippen molar-refractivity contribution in [3.8, 4) is 5.75 Å². The number of nitrogens with zero attached hydrogens (tertiary/aromatic N) is 2. The fraction of sp³-hybridized carbons (Fsp3) is 0.130. The number of rotatable bonds is 6. The Kier molecular flexibility index (Phi) is 4.81. The van der Waals surface area contributed by atoms with Crippen molar-refractivity contribution in [2.45, 2.75) is 20.1 Å². The third kappa shape index (κ3) is 3.74.